The Morgan fingerprint density at radius 2 is 2.05 bits per heavy atom. The van der Waals surface area contributed by atoms with E-state index in [-0.39, 0.29) is 24.0 Å². The standard InChI is InChI=1S/C12H20N4O4/c1-8(2)7-13-11-10(16(17)18)12(15-9(3)14-11)20-6-5-19-4/h8H,5-7H2,1-4H3,(H,13,14,15). The summed E-state index contributed by atoms with van der Waals surface area (Å²) in [6.45, 7) is 6.76. The fraction of sp³-hybridized carbons (Fsp3) is 0.667. The predicted octanol–water partition coefficient (Wildman–Crippen LogP) is 1.79. The van der Waals surface area contributed by atoms with Crippen LogP contribution in [0, 0.1) is 23.0 Å². The largest absolute Gasteiger partial charge is 0.470 e. The Labute approximate surface area is 117 Å². The van der Waals surface area contributed by atoms with Crippen LogP contribution in [0.4, 0.5) is 11.5 Å². The maximum Gasteiger partial charge on any atom is 0.372 e. The van der Waals surface area contributed by atoms with Crippen molar-refractivity contribution >= 4 is 11.5 Å². The average molecular weight is 284 g/mol. The van der Waals surface area contributed by atoms with E-state index in [1.165, 1.54) is 7.11 Å². The fourth-order valence-corrected chi connectivity index (χ4v) is 1.45. The van der Waals surface area contributed by atoms with Gasteiger partial charge in [0.15, 0.2) is 0 Å². The maximum absolute atomic E-state index is 11.2. The van der Waals surface area contributed by atoms with Crippen LogP contribution in [0.3, 0.4) is 0 Å². The summed E-state index contributed by atoms with van der Waals surface area (Å²) in [5.74, 6) is 0.895. The quantitative estimate of drug-likeness (QED) is 0.441. The molecule has 0 aliphatic rings. The van der Waals surface area contributed by atoms with Crippen molar-refractivity contribution in [3.8, 4) is 5.88 Å². The molecule has 0 fully saturated rings. The SMILES string of the molecule is COCCOc1nc(C)nc(NCC(C)C)c1[N+](=O)[O-]. The minimum Gasteiger partial charge on any atom is -0.470 e. The number of hydrogen-bond donors (Lipinski definition) is 1. The molecule has 112 valence electrons. The molecule has 1 N–H and O–H groups in total. The van der Waals surface area contributed by atoms with Gasteiger partial charge in [-0.25, -0.2) is 4.98 Å². The van der Waals surface area contributed by atoms with Crippen LogP contribution in [0.15, 0.2) is 0 Å². The summed E-state index contributed by atoms with van der Waals surface area (Å²) in [5, 5.41) is 14.2. The number of hydrogen-bond acceptors (Lipinski definition) is 7. The summed E-state index contributed by atoms with van der Waals surface area (Å²) < 4.78 is 10.2. The molecular weight excluding hydrogens is 264 g/mol. The lowest BCUT2D eigenvalue weighted by atomic mass is 10.2. The summed E-state index contributed by atoms with van der Waals surface area (Å²) >= 11 is 0. The number of nitrogens with one attached hydrogen (secondary N) is 1. The topological polar surface area (TPSA) is 99.4 Å². The number of nitro groups is 1. The number of aromatic nitrogens is 2. The van der Waals surface area contributed by atoms with Crippen LogP contribution in [0.5, 0.6) is 5.88 Å². The van der Waals surface area contributed by atoms with Crippen LogP contribution in [-0.4, -0.2) is 41.8 Å². The molecule has 0 bridgehead atoms. The van der Waals surface area contributed by atoms with Gasteiger partial charge in [-0.05, 0) is 12.8 Å². The molecule has 20 heavy (non-hydrogen) atoms. The zero-order valence-electron chi connectivity index (χ0n) is 12.2. The molecule has 0 spiro atoms. The van der Waals surface area contributed by atoms with Gasteiger partial charge in [-0.1, -0.05) is 13.8 Å². The van der Waals surface area contributed by atoms with Gasteiger partial charge in [0, 0.05) is 13.7 Å². The minimum absolute atomic E-state index is 0.0363. The third kappa shape index (κ3) is 4.61. The van der Waals surface area contributed by atoms with Crippen LogP contribution in [0.2, 0.25) is 0 Å². The van der Waals surface area contributed by atoms with E-state index in [0.717, 1.165) is 0 Å². The first-order chi connectivity index (χ1) is 9.45. The minimum atomic E-state index is -0.537. The lowest BCUT2D eigenvalue weighted by Crippen LogP contribution is -2.14. The molecule has 0 unspecified atom stereocenters. The lowest BCUT2D eigenvalue weighted by molar-refractivity contribution is -0.385. The van der Waals surface area contributed by atoms with Gasteiger partial charge in [0.1, 0.15) is 12.4 Å². The second kappa shape index (κ2) is 7.59. The first kappa shape index (κ1) is 16.1. The molecule has 0 aliphatic carbocycles. The van der Waals surface area contributed by atoms with E-state index in [9.17, 15) is 10.1 Å². The van der Waals surface area contributed by atoms with Crippen molar-refractivity contribution in [2.45, 2.75) is 20.8 Å². The molecule has 8 heteroatoms. The second-order valence-corrected chi connectivity index (χ2v) is 4.65. The zero-order chi connectivity index (χ0) is 15.1. The van der Waals surface area contributed by atoms with E-state index in [1.807, 2.05) is 13.8 Å². The zero-order valence-corrected chi connectivity index (χ0v) is 12.2. The Morgan fingerprint density at radius 3 is 2.60 bits per heavy atom. The van der Waals surface area contributed by atoms with E-state index in [1.54, 1.807) is 6.92 Å². The Kier molecular flexibility index (Phi) is 6.10. The normalized spacial score (nSPS) is 10.7. The Hall–Kier alpha value is -1.96. The molecule has 1 rings (SSSR count). The molecule has 1 aromatic heterocycles. The maximum atomic E-state index is 11.2. The molecule has 8 nitrogen and oxygen atoms in total. The van der Waals surface area contributed by atoms with E-state index in [0.29, 0.717) is 24.9 Å². The molecule has 1 aromatic rings. The van der Waals surface area contributed by atoms with Gasteiger partial charge < -0.3 is 14.8 Å². The first-order valence-corrected chi connectivity index (χ1v) is 6.34. The van der Waals surface area contributed by atoms with Crippen molar-refractivity contribution in [1.82, 2.24) is 9.97 Å². The average Bonchev–Trinajstić information content (AvgIpc) is 2.35. The van der Waals surface area contributed by atoms with Gasteiger partial charge in [0.05, 0.1) is 11.5 Å². The third-order valence-electron chi connectivity index (χ3n) is 2.35. The van der Waals surface area contributed by atoms with Crippen molar-refractivity contribution < 1.29 is 14.4 Å². The first-order valence-electron chi connectivity index (χ1n) is 6.34. The highest BCUT2D eigenvalue weighted by molar-refractivity contribution is 5.61. The molecule has 0 aromatic carbocycles. The fourth-order valence-electron chi connectivity index (χ4n) is 1.45. The molecule has 0 amide bonds. The van der Waals surface area contributed by atoms with E-state index in [4.69, 9.17) is 9.47 Å². The number of ether oxygens (including phenoxy) is 2. The Morgan fingerprint density at radius 1 is 1.35 bits per heavy atom. The van der Waals surface area contributed by atoms with Gasteiger partial charge >= 0.3 is 5.69 Å². The van der Waals surface area contributed by atoms with Crippen LogP contribution < -0.4 is 10.1 Å². The lowest BCUT2D eigenvalue weighted by Gasteiger charge is -2.11. The summed E-state index contributed by atoms with van der Waals surface area (Å²) in [6.07, 6.45) is 0. The summed E-state index contributed by atoms with van der Waals surface area (Å²) in [7, 11) is 1.53. The third-order valence-corrected chi connectivity index (χ3v) is 2.35. The summed E-state index contributed by atoms with van der Waals surface area (Å²) in [4.78, 5) is 18.7. The van der Waals surface area contributed by atoms with Gasteiger partial charge in [0.2, 0.25) is 5.82 Å². The van der Waals surface area contributed by atoms with Crippen molar-refractivity contribution in [2.75, 3.05) is 32.2 Å². The number of anilines is 1. The van der Waals surface area contributed by atoms with Crippen molar-refractivity contribution in [2.24, 2.45) is 5.92 Å². The van der Waals surface area contributed by atoms with Gasteiger partial charge in [-0.15, -0.1) is 0 Å². The number of rotatable bonds is 8. The smallest absolute Gasteiger partial charge is 0.372 e. The van der Waals surface area contributed by atoms with Gasteiger partial charge in [-0.3, -0.25) is 10.1 Å². The highest BCUT2D eigenvalue weighted by atomic mass is 16.6. The van der Waals surface area contributed by atoms with Crippen molar-refractivity contribution in [3.05, 3.63) is 15.9 Å². The Bertz CT molecular complexity index is 465. The van der Waals surface area contributed by atoms with Crippen LogP contribution in [0.1, 0.15) is 19.7 Å². The number of nitrogens with zero attached hydrogens (tertiary/aromatic N) is 3. The molecule has 0 saturated heterocycles. The van der Waals surface area contributed by atoms with Crippen LogP contribution >= 0.6 is 0 Å². The predicted molar refractivity (Wildman–Crippen MR) is 74.1 cm³/mol. The molecule has 0 atom stereocenters. The number of aryl methyl sites for hydroxylation is 1. The molecule has 1 heterocycles. The van der Waals surface area contributed by atoms with Crippen LogP contribution in [0.25, 0.3) is 0 Å². The number of methoxy groups -OCH3 is 1. The Balaban J connectivity index is 3.04. The van der Waals surface area contributed by atoms with Gasteiger partial charge in [-0.2, -0.15) is 4.98 Å². The molecule has 0 radical (unpaired) electrons. The molecule has 0 aliphatic heterocycles. The van der Waals surface area contributed by atoms with E-state index in [2.05, 4.69) is 15.3 Å². The highest BCUT2D eigenvalue weighted by Gasteiger charge is 2.25. The van der Waals surface area contributed by atoms with Crippen molar-refractivity contribution in [3.63, 3.8) is 0 Å². The van der Waals surface area contributed by atoms with E-state index >= 15 is 0 Å². The summed E-state index contributed by atoms with van der Waals surface area (Å²) in [6, 6.07) is 0. The monoisotopic (exact) mass is 284 g/mol. The van der Waals surface area contributed by atoms with Crippen molar-refractivity contribution in [1.29, 1.82) is 0 Å². The second-order valence-electron chi connectivity index (χ2n) is 4.65. The van der Waals surface area contributed by atoms with E-state index < -0.39 is 4.92 Å². The van der Waals surface area contributed by atoms with Crippen LogP contribution in [-0.2, 0) is 4.74 Å². The molecule has 0 saturated carbocycles. The summed E-state index contributed by atoms with van der Waals surface area (Å²) in [5.41, 5.74) is -0.243. The molecular formula is C12H20N4O4. The highest BCUT2D eigenvalue weighted by Crippen LogP contribution is 2.31. The van der Waals surface area contributed by atoms with Gasteiger partial charge in [0.25, 0.3) is 5.88 Å².